The Hall–Kier alpha value is -7.50. The smallest absolute Gasteiger partial charge is 0.157 e. The lowest BCUT2D eigenvalue weighted by Gasteiger charge is -2.13. The summed E-state index contributed by atoms with van der Waals surface area (Å²) in [6, 6.07) is 66.5. The Bertz CT molecular complexity index is 3290. The average molecular weight is 732 g/mol. The predicted molar refractivity (Wildman–Crippen MR) is 239 cm³/mol. The average Bonchev–Trinajstić information content (AvgIpc) is 3.91. The van der Waals surface area contributed by atoms with Crippen molar-refractivity contribution in [1.29, 1.82) is 0 Å². The van der Waals surface area contributed by atoms with E-state index in [4.69, 9.17) is 15.7 Å². The third-order valence-electron chi connectivity index (χ3n) is 11.5. The van der Waals surface area contributed by atoms with Gasteiger partial charge in [0.15, 0.2) is 5.84 Å². The molecule has 3 aromatic heterocycles. The van der Waals surface area contributed by atoms with E-state index in [0.717, 1.165) is 33.4 Å². The van der Waals surface area contributed by atoms with E-state index in [0.29, 0.717) is 11.7 Å². The summed E-state index contributed by atoms with van der Waals surface area (Å²) in [5.41, 5.74) is 18.9. The second-order valence-electron chi connectivity index (χ2n) is 14.8. The van der Waals surface area contributed by atoms with E-state index < -0.39 is 0 Å². The highest BCUT2D eigenvalue weighted by molar-refractivity contribution is 6.24. The maximum Gasteiger partial charge on any atom is 0.157 e. The molecule has 0 saturated carbocycles. The van der Waals surface area contributed by atoms with Crippen LogP contribution in [0.1, 0.15) is 29.7 Å². The van der Waals surface area contributed by atoms with Crippen LogP contribution in [0.4, 0.5) is 0 Å². The molecule has 8 aromatic carbocycles. The Morgan fingerprint density at radius 3 is 1.72 bits per heavy atom. The van der Waals surface area contributed by atoms with Crippen LogP contribution in [-0.2, 0) is 0 Å². The summed E-state index contributed by atoms with van der Waals surface area (Å²) in [7, 11) is 0. The summed E-state index contributed by atoms with van der Waals surface area (Å²) in [6.07, 6.45) is 0. The van der Waals surface area contributed by atoms with Crippen LogP contribution in [0.15, 0.2) is 198 Å². The Morgan fingerprint density at radius 1 is 0.474 bits per heavy atom. The number of hydrogen-bond acceptors (Lipinski definition) is 1. The van der Waals surface area contributed by atoms with E-state index >= 15 is 0 Å². The molecule has 5 nitrogen and oxygen atoms in total. The number of hydrogen-bond donors (Lipinski definition) is 1. The van der Waals surface area contributed by atoms with Crippen molar-refractivity contribution >= 4 is 71.6 Å². The van der Waals surface area contributed by atoms with E-state index in [1.807, 2.05) is 48.5 Å². The van der Waals surface area contributed by atoms with Crippen LogP contribution >= 0.6 is 0 Å². The number of fused-ring (bicyclic) bond motifs is 9. The first-order valence-electron chi connectivity index (χ1n) is 19.4. The highest BCUT2D eigenvalue weighted by Gasteiger charge is 2.20. The molecule has 57 heavy (non-hydrogen) atoms. The molecule has 0 spiro atoms. The lowest BCUT2D eigenvalue weighted by atomic mass is 9.98. The third-order valence-corrected chi connectivity index (χ3v) is 11.5. The van der Waals surface area contributed by atoms with E-state index in [-0.39, 0.29) is 6.04 Å². The Kier molecular flexibility index (Phi) is 7.54. The summed E-state index contributed by atoms with van der Waals surface area (Å²) >= 11 is 0. The number of nitrogens with zero attached hydrogens (tertiary/aromatic N) is 4. The molecule has 0 radical (unpaired) electrons. The van der Waals surface area contributed by atoms with Gasteiger partial charge in [-0.1, -0.05) is 140 Å². The first-order valence-corrected chi connectivity index (χ1v) is 19.4. The minimum absolute atomic E-state index is 0.132. The van der Waals surface area contributed by atoms with Crippen LogP contribution in [0.2, 0.25) is 0 Å². The molecule has 0 saturated heterocycles. The first-order chi connectivity index (χ1) is 28.1. The molecular weight excluding hydrogens is 695 g/mol. The van der Waals surface area contributed by atoms with E-state index in [2.05, 4.69) is 155 Å². The minimum atomic E-state index is -0.132. The summed E-state index contributed by atoms with van der Waals surface area (Å²) in [5.74, 6) is 1.01. The SMILES string of the molecule is CC(N=C(N=C(N)c1ccccc1)c1cccc(-n2c3ccccc3c3ccc(-c4cc5c6ccccc6n6c7ccccc7c(c4)c56)cc32)c1)c1ccccc1. The fourth-order valence-electron chi connectivity index (χ4n) is 8.77. The zero-order chi connectivity index (χ0) is 38.0. The summed E-state index contributed by atoms with van der Waals surface area (Å²) in [6.45, 7) is 2.10. The monoisotopic (exact) mass is 731 g/mol. The molecule has 11 aromatic rings. The third kappa shape index (κ3) is 5.31. The fourth-order valence-corrected chi connectivity index (χ4v) is 8.77. The molecule has 0 aliphatic rings. The molecule has 11 rings (SSSR count). The largest absolute Gasteiger partial charge is 0.383 e. The molecule has 1 unspecified atom stereocenters. The summed E-state index contributed by atoms with van der Waals surface area (Å²) < 4.78 is 4.81. The lowest BCUT2D eigenvalue weighted by molar-refractivity contribution is 0.818. The summed E-state index contributed by atoms with van der Waals surface area (Å²) in [5, 5.41) is 7.49. The van der Waals surface area contributed by atoms with Crippen molar-refractivity contribution < 1.29 is 0 Å². The van der Waals surface area contributed by atoms with Crippen molar-refractivity contribution in [2.75, 3.05) is 0 Å². The molecule has 0 amide bonds. The topological polar surface area (TPSA) is 60.1 Å². The van der Waals surface area contributed by atoms with Gasteiger partial charge in [0.25, 0.3) is 0 Å². The maximum atomic E-state index is 6.67. The number of nitrogens with two attached hydrogens (primary N) is 1. The summed E-state index contributed by atoms with van der Waals surface area (Å²) in [4.78, 5) is 10.2. The lowest BCUT2D eigenvalue weighted by Crippen LogP contribution is -2.16. The zero-order valence-electron chi connectivity index (χ0n) is 31.3. The maximum absolute atomic E-state index is 6.67. The van der Waals surface area contributed by atoms with Crippen LogP contribution in [0, 0.1) is 0 Å². The highest BCUT2D eigenvalue weighted by Crippen LogP contribution is 2.42. The van der Waals surface area contributed by atoms with Gasteiger partial charge >= 0.3 is 0 Å². The van der Waals surface area contributed by atoms with Gasteiger partial charge in [0.1, 0.15) is 5.84 Å². The van der Waals surface area contributed by atoms with Crippen molar-refractivity contribution in [1.82, 2.24) is 8.97 Å². The second-order valence-corrected chi connectivity index (χ2v) is 14.8. The van der Waals surface area contributed by atoms with Gasteiger partial charge in [-0.25, -0.2) is 4.99 Å². The van der Waals surface area contributed by atoms with Crippen molar-refractivity contribution in [2.24, 2.45) is 15.7 Å². The van der Waals surface area contributed by atoms with Gasteiger partial charge < -0.3 is 14.7 Å². The fraction of sp³-hybridized carbons (Fsp3) is 0.0385. The van der Waals surface area contributed by atoms with Crippen LogP contribution in [0.5, 0.6) is 0 Å². The molecular formula is C52H37N5. The number of amidine groups is 2. The van der Waals surface area contributed by atoms with Crippen molar-refractivity contribution in [3.63, 3.8) is 0 Å². The highest BCUT2D eigenvalue weighted by atomic mass is 15.0. The van der Waals surface area contributed by atoms with Gasteiger partial charge in [-0.3, -0.25) is 4.99 Å². The molecule has 5 heteroatoms. The van der Waals surface area contributed by atoms with Crippen molar-refractivity contribution in [3.05, 3.63) is 205 Å². The zero-order valence-corrected chi connectivity index (χ0v) is 31.3. The standard InChI is InChI=1S/C52H37N5/c1-33(34-15-4-2-5-16-34)54-52(55-51(53)35-17-6-3-7-18-35)37-19-14-20-39(29-37)56-46-24-11-8-21-40(46)43-28-27-36(32-49(43)56)38-30-44-41-22-9-12-25-47(41)57-48-26-13-10-23-42(48)45(31-38)50(44)57/h2-33H,1H3,(H2,53,54,55). The van der Waals surface area contributed by atoms with E-state index in [1.165, 1.54) is 60.0 Å². The molecule has 3 heterocycles. The Balaban J connectivity index is 1.11. The van der Waals surface area contributed by atoms with Gasteiger partial charge in [-0.15, -0.1) is 0 Å². The number of rotatable bonds is 6. The Labute approximate surface area is 329 Å². The van der Waals surface area contributed by atoms with Gasteiger partial charge in [0.05, 0.1) is 33.6 Å². The van der Waals surface area contributed by atoms with Gasteiger partial charge in [0, 0.05) is 49.1 Å². The molecule has 0 aliphatic carbocycles. The van der Waals surface area contributed by atoms with Gasteiger partial charge in [-0.05, 0) is 72.1 Å². The second kappa shape index (κ2) is 13.1. The number of aliphatic imine (C=N–C) groups is 2. The molecule has 270 valence electrons. The number of aromatic nitrogens is 2. The molecule has 0 fully saturated rings. The van der Waals surface area contributed by atoms with Crippen molar-refractivity contribution in [3.8, 4) is 16.8 Å². The van der Waals surface area contributed by atoms with Gasteiger partial charge in [0.2, 0.25) is 0 Å². The van der Waals surface area contributed by atoms with Gasteiger partial charge in [-0.2, -0.15) is 0 Å². The normalized spacial score (nSPS) is 13.2. The quantitative estimate of drug-likeness (QED) is 0.134. The Morgan fingerprint density at radius 2 is 1.04 bits per heavy atom. The van der Waals surface area contributed by atoms with Crippen LogP contribution < -0.4 is 5.73 Å². The van der Waals surface area contributed by atoms with E-state index in [1.54, 1.807) is 0 Å². The van der Waals surface area contributed by atoms with E-state index in [9.17, 15) is 0 Å². The van der Waals surface area contributed by atoms with Crippen LogP contribution in [0.25, 0.3) is 76.7 Å². The molecule has 1 atom stereocenters. The molecule has 0 aliphatic heterocycles. The number of para-hydroxylation sites is 3. The van der Waals surface area contributed by atoms with Crippen molar-refractivity contribution in [2.45, 2.75) is 13.0 Å². The predicted octanol–water partition coefficient (Wildman–Crippen LogP) is 12.5. The first kappa shape index (κ1) is 32.9. The van der Waals surface area contributed by atoms with Crippen LogP contribution in [-0.4, -0.2) is 20.6 Å². The van der Waals surface area contributed by atoms with Crippen LogP contribution in [0.3, 0.4) is 0 Å². The minimum Gasteiger partial charge on any atom is -0.383 e. The molecule has 2 N–H and O–H groups in total. The molecule has 0 bridgehead atoms. The number of benzene rings is 8.